The molecular formula is C14H20N2O4. The van der Waals surface area contributed by atoms with Gasteiger partial charge in [0.15, 0.2) is 0 Å². The molecule has 0 fully saturated rings. The Balaban J connectivity index is 2.60. The van der Waals surface area contributed by atoms with Crippen molar-refractivity contribution in [1.82, 2.24) is 10.2 Å². The SMILES string of the molecule is CN(CC(=O)NC(C)(CO)CO)C(=O)c1ccccc1. The zero-order valence-electron chi connectivity index (χ0n) is 11.7. The fourth-order valence-electron chi connectivity index (χ4n) is 1.59. The molecular weight excluding hydrogens is 260 g/mol. The minimum Gasteiger partial charge on any atom is -0.394 e. The van der Waals surface area contributed by atoms with Gasteiger partial charge >= 0.3 is 0 Å². The van der Waals surface area contributed by atoms with Gasteiger partial charge in [-0.05, 0) is 19.1 Å². The van der Waals surface area contributed by atoms with E-state index in [0.29, 0.717) is 5.56 Å². The van der Waals surface area contributed by atoms with Crippen molar-refractivity contribution >= 4 is 11.8 Å². The quantitative estimate of drug-likeness (QED) is 0.662. The summed E-state index contributed by atoms with van der Waals surface area (Å²) >= 11 is 0. The molecule has 1 aromatic carbocycles. The monoisotopic (exact) mass is 280 g/mol. The van der Waals surface area contributed by atoms with Gasteiger partial charge < -0.3 is 20.4 Å². The first-order valence-corrected chi connectivity index (χ1v) is 6.25. The minimum atomic E-state index is -1.09. The molecule has 0 heterocycles. The Labute approximate surface area is 118 Å². The molecule has 1 aromatic rings. The highest BCUT2D eigenvalue weighted by molar-refractivity contribution is 5.96. The number of hydrogen-bond donors (Lipinski definition) is 3. The van der Waals surface area contributed by atoms with E-state index in [-0.39, 0.29) is 25.7 Å². The Morgan fingerprint density at radius 3 is 2.25 bits per heavy atom. The summed E-state index contributed by atoms with van der Waals surface area (Å²) < 4.78 is 0. The molecule has 0 atom stereocenters. The van der Waals surface area contributed by atoms with Gasteiger partial charge in [0.25, 0.3) is 5.91 Å². The summed E-state index contributed by atoms with van der Waals surface area (Å²) in [5, 5.41) is 20.7. The third-order valence-electron chi connectivity index (χ3n) is 2.89. The summed E-state index contributed by atoms with van der Waals surface area (Å²) in [5.74, 6) is -0.710. The molecule has 0 aliphatic carbocycles. The predicted molar refractivity (Wildman–Crippen MR) is 74.1 cm³/mol. The summed E-state index contributed by atoms with van der Waals surface area (Å²) in [5.41, 5.74) is -0.594. The van der Waals surface area contributed by atoms with Crippen LogP contribution in [0.3, 0.4) is 0 Å². The maximum atomic E-state index is 12.0. The number of aliphatic hydroxyl groups is 2. The predicted octanol–water partition coefficient (Wildman–Crippen LogP) is -0.382. The highest BCUT2D eigenvalue weighted by Crippen LogP contribution is 2.04. The Hall–Kier alpha value is -1.92. The molecule has 0 bridgehead atoms. The number of aliphatic hydroxyl groups excluding tert-OH is 2. The van der Waals surface area contributed by atoms with E-state index < -0.39 is 11.4 Å². The van der Waals surface area contributed by atoms with Crippen LogP contribution < -0.4 is 5.32 Å². The second kappa shape index (κ2) is 7.02. The van der Waals surface area contributed by atoms with Gasteiger partial charge in [-0.1, -0.05) is 18.2 Å². The average molecular weight is 280 g/mol. The number of hydrogen-bond acceptors (Lipinski definition) is 4. The number of nitrogens with zero attached hydrogens (tertiary/aromatic N) is 1. The third kappa shape index (κ3) is 4.32. The van der Waals surface area contributed by atoms with Crippen molar-refractivity contribution in [1.29, 1.82) is 0 Å². The molecule has 0 aliphatic rings. The maximum Gasteiger partial charge on any atom is 0.254 e. The minimum absolute atomic E-state index is 0.149. The van der Waals surface area contributed by atoms with E-state index in [4.69, 9.17) is 10.2 Å². The van der Waals surface area contributed by atoms with Gasteiger partial charge in [0.1, 0.15) is 0 Å². The summed E-state index contributed by atoms with van der Waals surface area (Å²) in [6.07, 6.45) is 0. The third-order valence-corrected chi connectivity index (χ3v) is 2.89. The lowest BCUT2D eigenvalue weighted by Gasteiger charge is -2.27. The number of carbonyl (C=O) groups is 2. The Kier molecular flexibility index (Phi) is 5.66. The second-order valence-electron chi connectivity index (χ2n) is 4.95. The van der Waals surface area contributed by atoms with Crippen molar-refractivity contribution < 1.29 is 19.8 Å². The molecule has 0 saturated carbocycles. The average Bonchev–Trinajstić information content (AvgIpc) is 2.46. The molecule has 0 unspecified atom stereocenters. The van der Waals surface area contributed by atoms with Crippen LogP contribution in [-0.4, -0.2) is 59.3 Å². The zero-order valence-corrected chi connectivity index (χ0v) is 11.7. The van der Waals surface area contributed by atoms with Crippen molar-refractivity contribution in [3.63, 3.8) is 0 Å². The number of nitrogens with one attached hydrogen (secondary N) is 1. The van der Waals surface area contributed by atoms with Crippen LogP contribution in [0.1, 0.15) is 17.3 Å². The summed E-state index contributed by atoms with van der Waals surface area (Å²) in [4.78, 5) is 25.1. The number of carbonyl (C=O) groups excluding carboxylic acids is 2. The molecule has 0 aromatic heterocycles. The first-order chi connectivity index (χ1) is 9.41. The molecule has 6 heteroatoms. The van der Waals surface area contributed by atoms with Crippen LogP contribution in [0.5, 0.6) is 0 Å². The number of benzene rings is 1. The topological polar surface area (TPSA) is 89.9 Å². The summed E-state index contributed by atoms with van der Waals surface area (Å²) in [6, 6.07) is 8.63. The first-order valence-electron chi connectivity index (χ1n) is 6.25. The number of likely N-dealkylation sites (N-methyl/N-ethyl adjacent to an activating group) is 1. The highest BCUT2D eigenvalue weighted by atomic mass is 16.3. The van der Waals surface area contributed by atoms with Crippen LogP contribution in [0.2, 0.25) is 0 Å². The lowest BCUT2D eigenvalue weighted by atomic mass is 10.1. The number of amides is 2. The van der Waals surface area contributed by atoms with E-state index in [9.17, 15) is 9.59 Å². The van der Waals surface area contributed by atoms with Gasteiger partial charge in [-0.3, -0.25) is 9.59 Å². The largest absolute Gasteiger partial charge is 0.394 e. The van der Waals surface area contributed by atoms with Crippen molar-refractivity contribution in [2.24, 2.45) is 0 Å². The smallest absolute Gasteiger partial charge is 0.254 e. The van der Waals surface area contributed by atoms with Crippen molar-refractivity contribution in [3.8, 4) is 0 Å². The van der Waals surface area contributed by atoms with Crippen LogP contribution in [0.4, 0.5) is 0 Å². The molecule has 3 N–H and O–H groups in total. The molecule has 2 amide bonds. The maximum absolute atomic E-state index is 12.0. The zero-order chi connectivity index (χ0) is 15.2. The molecule has 0 aliphatic heterocycles. The van der Waals surface area contributed by atoms with E-state index in [1.54, 1.807) is 30.3 Å². The molecule has 110 valence electrons. The van der Waals surface area contributed by atoms with Gasteiger partial charge in [-0.2, -0.15) is 0 Å². The molecule has 0 radical (unpaired) electrons. The summed E-state index contributed by atoms with van der Waals surface area (Å²) in [6.45, 7) is 0.602. The van der Waals surface area contributed by atoms with Crippen LogP contribution in [0.25, 0.3) is 0 Å². The molecule has 6 nitrogen and oxygen atoms in total. The van der Waals surface area contributed by atoms with E-state index >= 15 is 0 Å². The fourth-order valence-corrected chi connectivity index (χ4v) is 1.59. The lowest BCUT2D eigenvalue weighted by molar-refractivity contribution is -0.124. The van der Waals surface area contributed by atoms with Crippen LogP contribution in [0.15, 0.2) is 30.3 Å². The Morgan fingerprint density at radius 1 is 1.20 bits per heavy atom. The number of rotatable bonds is 6. The lowest BCUT2D eigenvalue weighted by Crippen LogP contribution is -2.54. The Bertz CT molecular complexity index is 458. The van der Waals surface area contributed by atoms with Gasteiger partial charge in [-0.15, -0.1) is 0 Å². The molecule has 20 heavy (non-hydrogen) atoms. The van der Waals surface area contributed by atoms with Crippen molar-refractivity contribution in [3.05, 3.63) is 35.9 Å². The van der Waals surface area contributed by atoms with E-state index in [1.165, 1.54) is 18.9 Å². The van der Waals surface area contributed by atoms with Gasteiger partial charge in [0.05, 0.1) is 25.3 Å². The molecule has 0 spiro atoms. The van der Waals surface area contributed by atoms with E-state index in [0.717, 1.165) is 0 Å². The summed E-state index contributed by atoms with van der Waals surface area (Å²) in [7, 11) is 1.52. The first kappa shape index (κ1) is 16.1. The normalized spacial score (nSPS) is 11.0. The van der Waals surface area contributed by atoms with E-state index in [2.05, 4.69) is 5.32 Å². The second-order valence-corrected chi connectivity index (χ2v) is 4.95. The van der Waals surface area contributed by atoms with Crippen molar-refractivity contribution in [2.75, 3.05) is 26.8 Å². The Morgan fingerprint density at radius 2 is 1.75 bits per heavy atom. The van der Waals surface area contributed by atoms with Crippen LogP contribution in [0, 0.1) is 0 Å². The fraction of sp³-hybridized carbons (Fsp3) is 0.429. The molecule has 0 saturated heterocycles. The van der Waals surface area contributed by atoms with Crippen LogP contribution in [-0.2, 0) is 4.79 Å². The van der Waals surface area contributed by atoms with Gasteiger partial charge in [0, 0.05) is 12.6 Å². The van der Waals surface area contributed by atoms with Gasteiger partial charge in [-0.25, -0.2) is 0 Å². The van der Waals surface area contributed by atoms with Gasteiger partial charge in [0.2, 0.25) is 5.91 Å². The highest BCUT2D eigenvalue weighted by Gasteiger charge is 2.25. The molecule has 1 rings (SSSR count). The van der Waals surface area contributed by atoms with Crippen LogP contribution >= 0.6 is 0 Å². The standard InChI is InChI=1S/C14H20N2O4/c1-14(9-17,10-18)15-12(19)8-16(2)13(20)11-6-4-3-5-7-11/h3-7,17-18H,8-10H2,1-2H3,(H,15,19). The van der Waals surface area contributed by atoms with Crippen molar-refractivity contribution in [2.45, 2.75) is 12.5 Å². The van der Waals surface area contributed by atoms with E-state index in [1.807, 2.05) is 0 Å².